The number of hydrogen-bond acceptors (Lipinski definition) is 5. The topological polar surface area (TPSA) is 87.7 Å². The Balaban J connectivity index is 1.80. The standard InChI is InChI=1S/C20H23NO5/c1-3-14(2)15-4-8-17(9-5-15)25-12-19(22)21-16-6-10-18(11-7-16)26-13-20(23)24/h4-11,14H,3,12-13H2,1-2H3,(H,21,22)(H,23,24)/p-1/t14-/m1/s1. The highest BCUT2D eigenvalue weighted by molar-refractivity contribution is 5.91. The van der Waals surface area contributed by atoms with Crippen LogP contribution in [0.15, 0.2) is 48.5 Å². The fraction of sp³-hybridized carbons (Fsp3) is 0.300. The Bertz CT molecular complexity index is 725. The van der Waals surface area contributed by atoms with Crippen molar-refractivity contribution < 1.29 is 24.2 Å². The molecule has 138 valence electrons. The first-order valence-corrected chi connectivity index (χ1v) is 8.43. The zero-order valence-electron chi connectivity index (χ0n) is 14.9. The molecule has 0 fully saturated rings. The van der Waals surface area contributed by atoms with Gasteiger partial charge in [-0.3, -0.25) is 4.79 Å². The van der Waals surface area contributed by atoms with E-state index in [0.717, 1.165) is 6.42 Å². The van der Waals surface area contributed by atoms with Crippen molar-refractivity contribution in [2.75, 3.05) is 18.5 Å². The van der Waals surface area contributed by atoms with Gasteiger partial charge < -0.3 is 24.7 Å². The van der Waals surface area contributed by atoms with Crippen molar-refractivity contribution in [3.05, 3.63) is 54.1 Å². The molecule has 0 aromatic heterocycles. The average Bonchev–Trinajstić information content (AvgIpc) is 2.65. The van der Waals surface area contributed by atoms with E-state index in [9.17, 15) is 14.7 Å². The van der Waals surface area contributed by atoms with Crippen molar-refractivity contribution >= 4 is 17.6 Å². The number of hydrogen-bond donors (Lipinski definition) is 1. The number of anilines is 1. The molecule has 0 saturated heterocycles. The fourth-order valence-electron chi connectivity index (χ4n) is 2.25. The first kappa shape index (κ1) is 19.3. The van der Waals surface area contributed by atoms with Crippen LogP contribution in [0.4, 0.5) is 5.69 Å². The maximum atomic E-state index is 12.0. The number of aliphatic carboxylic acids is 1. The minimum atomic E-state index is -1.29. The average molecular weight is 356 g/mol. The van der Waals surface area contributed by atoms with Crippen LogP contribution in [0.2, 0.25) is 0 Å². The van der Waals surface area contributed by atoms with Crippen molar-refractivity contribution in [2.24, 2.45) is 0 Å². The molecule has 0 saturated carbocycles. The first-order valence-electron chi connectivity index (χ1n) is 8.43. The van der Waals surface area contributed by atoms with Gasteiger partial charge in [0.15, 0.2) is 6.61 Å². The number of nitrogens with one attached hydrogen (secondary N) is 1. The molecule has 1 N–H and O–H groups in total. The number of carboxylic acids is 1. The summed E-state index contributed by atoms with van der Waals surface area (Å²) < 4.78 is 10.5. The Morgan fingerprint density at radius 2 is 1.50 bits per heavy atom. The van der Waals surface area contributed by atoms with E-state index in [1.807, 2.05) is 24.3 Å². The highest BCUT2D eigenvalue weighted by atomic mass is 16.5. The summed E-state index contributed by atoms with van der Waals surface area (Å²) in [5.74, 6) is -0.0785. The van der Waals surface area contributed by atoms with Gasteiger partial charge in [-0.05, 0) is 54.3 Å². The van der Waals surface area contributed by atoms with Gasteiger partial charge in [0.1, 0.15) is 18.1 Å². The van der Waals surface area contributed by atoms with E-state index < -0.39 is 12.6 Å². The molecule has 6 heteroatoms. The number of amides is 1. The second kappa shape index (κ2) is 9.46. The van der Waals surface area contributed by atoms with Gasteiger partial charge in [-0.25, -0.2) is 0 Å². The maximum absolute atomic E-state index is 12.0. The van der Waals surface area contributed by atoms with Gasteiger partial charge in [0.25, 0.3) is 5.91 Å². The van der Waals surface area contributed by atoms with E-state index in [4.69, 9.17) is 9.47 Å². The molecule has 2 rings (SSSR count). The van der Waals surface area contributed by atoms with Crippen LogP contribution in [0.25, 0.3) is 0 Å². The van der Waals surface area contributed by atoms with E-state index in [1.165, 1.54) is 5.56 Å². The summed E-state index contributed by atoms with van der Waals surface area (Å²) in [6, 6.07) is 14.1. The van der Waals surface area contributed by atoms with Crippen LogP contribution in [0.3, 0.4) is 0 Å². The first-order chi connectivity index (χ1) is 12.5. The Morgan fingerprint density at radius 3 is 2.04 bits per heavy atom. The molecule has 0 aliphatic rings. The molecule has 2 aromatic carbocycles. The Hall–Kier alpha value is -3.02. The largest absolute Gasteiger partial charge is 0.546 e. The second-order valence-electron chi connectivity index (χ2n) is 5.90. The monoisotopic (exact) mass is 356 g/mol. The molecule has 1 amide bonds. The lowest BCUT2D eigenvalue weighted by Gasteiger charge is -2.11. The van der Waals surface area contributed by atoms with Crippen molar-refractivity contribution in [2.45, 2.75) is 26.2 Å². The summed E-state index contributed by atoms with van der Waals surface area (Å²) in [4.78, 5) is 22.3. The van der Waals surface area contributed by atoms with E-state index in [1.54, 1.807) is 24.3 Å². The van der Waals surface area contributed by atoms with Gasteiger partial charge in [-0.2, -0.15) is 0 Å². The van der Waals surface area contributed by atoms with Gasteiger partial charge in [0.05, 0.1) is 5.97 Å². The quantitative estimate of drug-likeness (QED) is 0.745. The molecule has 0 aliphatic heterocycles. The van der Waals surface area contributed by atoms with Gasteiger partial charge in [-0.15, -0.1) is 0 Å². The molecule has 0 unspecified atom stereocenters. The van der Waals surface area contributed by atoms with Crippen LogP contribution in [-0.2, 0) is 9.59 Å². The van der Waals surface area contributed by atoms with E-state index in [2.05, 4.69) is 19.2 Å². The highest BCUT2D eigenvalue weighted by Crippen LogP contribution is 2.21. The molecule has 1 atom stereocenters. The van der Waals surface area contributed by atoms with Crippen LogP contribution in [0, 0.1) is 0 Å². The smallest absolute Gasteiger partial charge is 0.262 e. The zero-order chi connectivity index (χ0) is 18.9. The minimum absolute atomic E-state index is 0.106. The van der Waals surface area contributed by atoms with Crippen LogP contribution < -0.4 is 19.9 Å². The van der Waals surface area contributed by atoms with Gasteiger partial charge in [-0.1, -0.05) is 26.0 Å². The van der Waals surface area contributed by atoms with Crippen LogP contribution in [0.1, 0.15) is 31.7 Å². The van der Waals surface area contributed by atoms with Crippen molar-refractivity contribution in [3.63, 3.8) is 0 Å². The molecule has 26 heavy (non-hydrogen) atoms. The number of ether oxygens (including phenoxy) is 2. The Labute approximate surface area is 152 Å². The van der Waals surface area contributed by atoms with Gasteiger partial charge in [0.2, 0.25) is 0 Å². The van der Waals surface area contributed by atoms with Crippen LogP contribution >= 0.6 is 0 Å². The van der Waals surface area contributed by atoms with E-state index in [-0.39, 0.29) is 12.5 Å². The molecule has 2 aromatic rings. The third kappa shape index (κ3) is 6.12. The molecule has 0 bridgehead atoms. The Morgan fingerprint density at radius 1 is 0.962 bits per heavy atom. The second-order valence-corrected chi connectivity index (χ2v) is 5.90. The third-order valence-electron chi connectivity index (χ3n) is 3.93. The fourth-order valence-corrected chi connectivity index (χ4v) is 2.25. The summed E-state index contributed by atoms with van der Waals surface area (Å²) in [5, 5.41) is 13.0. The lowest BCUT2D eigenvalue weighted by Crippen LogP contribution is -2.28. The predicted octanol–water partition coefficient (Wildman–Crippen LogP) is 2.35. The summed E-state index contributed by atoms with van der Waals surface area (Å²) >= 11 is 0. The number of carboxylic acid groups (broad SMARTS) is 1. The van der Waals surface area contributed by atoms with Gasteiger partial charge >= 0.3 is 0 Å². The number of carbonyl (C=O) groups excluding carboxylic acids is 2. The van der Waals surface area contributed by atoms with E-state index in [0.29, 0.717) is 23.1 Å². The number of carbonyl (C=O) groups is 2. The summed E-state index contributed by atoms with van der Waals surface area (Å²) in [7, 11) is 0. The zero-order valence-corrected chi connectivity index (χ0v) is 14.9. The van der Waals surface area contributed by atoms with Crippen molar-refractivity contribution in [1.82, 2.24) is 0 Å². The molecule has 0 heterocycles. The predicted molar refractivity (Wildman–Crippen MR) is 96.2 cm³/mol. The molecule has 0 spiro atoms. The molecule has 0 aliphatic carbocycles. The number of benzene rings is 2. The van der Waals surface area contributed by atoms with Crippen LogP contribution in [-0.4, -0.2) is 25.1 Å². The van der Waals surface area contributed by atoms with Crippen LogP contribution in [0.5, 0.6) is 11.5 Å². The Kier molecular flexibility index (Phi) is 7.02. The van der Waals surface area contributed by atoms with Gasteiger partial charge in [0, 0.05) is 5.69 Å². The third-order valence-corrected chi connectivity index (χ3v) is 3.93. The minimum Gasteiger partial charge on any atom is -0.546 e. The lowest BCUT2D eigenvalue weighted by atomic mass is 9.99. The maximum Gasteiger partial charge on any atom is 0.262 e. The SMILES string of the molecule is CC[C@@H](C)c1ccc(OCC(=O)Nc2ccc(OCC(=O)[O-])cc2)cc1. The normalized spacial score (nSPS) is 11.5. The summed E-state index contributed by atoms with van der Waals surface area (Å²) in [6.45, 7) is 3.68. The molecular formula is C20H22NO5-. The molecule has 6 nitrogen and oxygen atoms in total. The van der Waals surface area contributed by atoms with Crippen molar-refractivity contribution in [3.8, 4) is 11.5 Å². The number of rotatable bonds is 9. The van der Waals surface area contributed by atoms with E-state index >= 15 is 0 Å². The summed E-state index contributed by atoms with van der Waals surface area (Å²) in [5.41, 5.74) is 1.80. The van der Waals surface area contributed by atoms with Crippen molar-refractivity contribution in [1.29, 1.82) is 0 Å². The molecule has 0 radical (unpaired) electrons. The lowest BCUT2D eigenvalue weighted by molar-refractivity contribution is -0.307. The highest BCUT2D eigenvalue weighted by Gasteiger charge is 2.06. The molecular weight excluding hydrogens is 334 g/mol. The summed E-state index contributed by atoms with van der Waals surface area (Å²) in [6.07, 6.45) is 1.07.